The van der Waals surface area contributed by atoms with Crippen LogP contribution in [0.4, 0.5) is 0 Å². The van der Waals surface area contributed by atoms with Gasteiger partial charge in [-0.05, 0) is 13.8 Å². The molecule has 16 heavy (non-hydrogen) atoms. The van der Waals surface area contributed by atoms with E-state index in [1.165, 1.54) is 10.5 Å². The molecule has 0 bridgehead atoms. The lowest BCUT2D eigenvalue weighted by Gasteiger charge is -2.16. The summed E-state index contributed by atoms with van der Waals surface area (Å²) in [4.78, 5) is 0.268. The van der Waals surface area contributed by atoms with E-state index < -0.39 is 10.0 Å². The summed E-state index contributed by atoms with van der Waals surface area (Å²) in [5.74, 6) is 0. The summed E-state index contributed by atoms with van der Waals surface area (Å²) in [5, 5.41) is 4.04. The molecule has 0 saturated carbocycles. The van der Waals surface area contributed by atoms with Crippen LogP contribution < -0.4 is 0 Å². The topological polar surface area (TPSA) is 55.2 Å². The monoisotopic (exact) mass is 245 g/mol. The van der Waals surface area contributed by atoms with Crippen molar-refractivity contribution in [1.82, 2.24) is 14.1 Å². The summed E-state index contributed by atoms with van der Waals surface area (Å²) in [6.07, 6.45) is 2.99. The highest BCUT2D eigenvalue weighted by molar-refractivity contribution is 7.89. The second-order valence-corrected chi connectivity index (χ2v) is 5.78. The second kappa shape index (κ2) is 4.97. The fourth-order valence-electron chi connectivity index (χ4n) is 1.45. The van der Waals surface area contributed by atoms with Crippen molar-refractivity contribution in [3.63, 3.8) is 0 Å². The standard InChI is InChI=1S/C10H19N3O2S/c1-5-12(6-2)16(14,15)10-7-11-13(8-10)9(3)4/h7-9H,5-6H2,1-4H3. The van der Waals surface area contributed by atoms with E-state index in [-0.39, 0.29) is 10.9 Å². The number of sulfonamides is 1. The van der Waals surface area contributed by atoms with Gasteiger partial charge in [0.05, 0.1) is 6.20 Å². The molecule has 1 aromatic heterocycles. The lowest BCUT2D eigenvalue weighted by Crippen LogP contribution is -2.30. The predicted octanol–water partition coefficient (Wildman–Crippen LogP) is 1.49. The fourth-order valence-corrected chi connectivity index (χ4v) is 2.85. The lowest BCUT2D eigenvalue weighted by molar-refractivity contribution is 0.445. The van der Waals surface area contributed by atoms with Gasteiger partial charge in [-0.3, -0.25) is 4.68 Å². The third-order valence-electron chi connectivity index (χ3n) is 2.45. The molecule has 1 heterocycles. The largest absolute Gasteiger partial charge is 0.269 e. The van der Waals surface area contributed by atoms with Gasteiger partial charge in [0.25, 0.3) is 0 Å². The van der Waals surface area contributed by atoms with Crippen molar-refractivity contribution in [2.45, 2.75) is 38.6 Å². The molecule has 0 aliphatic rings. The van der Waals surface area contributed by atoms with Crippen LogP contribution in [-0.4, -0.2) is 35.6 Å². The van der Waals surface area contributed by atoms with Gasteiger partial charge >= 0.3 is 0 Å². The summed E-state index contributed by atoms with van der Waals surface area (Å²) in [6.45, 7) is 8.53. The van der Waals surface area contributed by atoms with Crippen LogP contribution in [0.15, 0.2) is 17.3 Å². The smallest absolute Gasteiger partial charge is 0.246 e. The molecule has 0 aliphatic carbocycles. The van der Waals surface area contributed by atoms with Gasteiger partial charge in [0, 0.05) is 25.3 Å². The molecule has 1 rings (SSSR count). The van der Waals surface area contributed by atoms with Crippen LogP contribution in [0.25, 0.3) is 0 Å². The van der Waals surface area contributed by atoms with Gasteiger partial charge in [0.15, 0.2) is 0 Å². The molecular weight excluding hydrogens is 226 g/mol. The molecular formula is C10H19N3O2S. The number of rotatable bonds is 5. The summed E-state index contributed by atoms with van der Waals surface area (Å²) in [6, 6.07) is 0.167. The first-order chi connectivity index (χ1) is 7.43. The van der Waals surface area contributed by atoms with Crippen molar-refractivity contribution in [2.24, 2.45) is 0 Å². The fraction of sp³-hybridized carbons (Fsp3) is 0.700. The highest BCUT2D eigenvalue weighted by Crippen LogP contribution is 2.15. The Hall–Kier alpha value is -0.880. The Kier molecular flexibility index (Phi) is 4.09. The molecule has 92 valence electrons. The highest BCUT2D eigenvalue weighted by Gasteiger charge is 2.23. The van der Waals surface area contributed by atoms with E-state index in [0.717, 1.165) is 0 Å². The normalized spacial score (nSPS) is 12.6. The molecule has 1 aromatic rings. The molecule has 0 spiro atoms. The van der Waals surface area contributed by atoms with Crippen molar-refractivity contribution in [1.29, 1.82) is 0 Å². The molecule has 0 aromatic carbocycles. The van der Waals surface area contributed by atoms with E-state index in [9.17, 15) is 8.42 Å². The minimum atomic E-state index is -3.36. The van der Waals surface area contributed by atoms with Crippen LogP contribution in [-0.2, 0) is 10.0 Å². The molecule has 0 aliphatic heterocycles. The first-order valence-corrected chi connectivity index (χ1v) is 6.91. The van der Waals surface area contributed by atoms with E-state index in [0.29, 0.717) is 13.1 Å². The summed E-state index contributed by atoms with van der Waals surface area (Å²) < 4.78 is 27.3. The van der Waals surface area contributed by atoms with Crippen molar-refractivity contribution >= 4 is 10.0 Å². The highest BCUT2D eigenvalue weighted by atomic mass is 32.2. The van der Waals surface area contributed by atoms with E-state index >= 15 is 0 Å². The Morgan fingerprint density at radius 3 is 2.31 bits per heavy atom. The zero-order valence-electron chi connectivity index (χ0n) is 10.2. The molecule has 0 N–H and O–H groups in total. The number of hydrogen-bond acceptors (Lipinski definition) is 3. The van der Waals surface area contributed by atoms with Crippen molar-refractivity contribution in [2.75, 3.05) is 13.1 Å². The Morgan fingerprint density at radius 1 is 1.38 bits per heavy atom. The SMILES string of the molecule is CCN(CC)S(=O)(=O)c1cnn(C(C)C)c1. The maximum atomic E-state index is 12.1. The minimum absolute atomic E-state index is 0.167. The summed E-state index contributed by atoms with van der Waals surface area (Å²) in [7, 11) is -3.36. The zero-order valence-corrected chi connectivity index (χ0v) is 11.0. The Bertz CT molecular complexity index is 433. The lowest BCUT2D eigenvalue weighted by atomic mass is 10.4. The van der Waals surface area contributed by atoms with E-state index in [1.807, 2.05) is 27.7 Å². The van der Waals surface area contributed by atoms with Crippen LogP contribution in [0.1, 0.15) is 33.7 Å². The third kappa shape index (κ3) is 2.44. The molecule has 0 saturated heterocycles. The minimum Gasteiger partial charge on any atom is -0.269 e. The number of nitrogens with zero attached hydrogens (tertiary/aromatic N) is 3. The van der Waals surface area contributed by atoms with Crippen LogP contribution in [0.2, 0.25) is 0 Å². The quantitative estimate of drug-likeness (QED) is 0.790. The maximum Gasteiger partial charge on any atom is 0.246 e. The van der Waals surface area contributed by atoms with Crippen LogP contribution >= 0.6 is 0 Å². The van der Waals surface area contributed by atoms with Gasteiger partial charge in [-0.1, -0.05) is 13.8 Å². The summed E-state index contributed by atoms with van der Waals surface area (Å²) >= 11 is 0. The van der Waals surface area contributed by atoms with Crippen molar-refractivity contribution in [3.05, 3.63) is 12.4 Å². The van der Waals surface area contributed by atoms with Crippen molar-refractivity contribution in [3.8, 4) is 0 Å². The molecule has 6 heteroatoms. The van der Waals surface area contributed by atoms with Gasteiger partial charge in [-0.15, -0.1) is 0 Å². The van der Waals surface area contributed by atoms with Gasteiger partial charge in [-0.2, -0.15) is 9.40 Å². The van der Waals surface area contributed by atoms with Gasteiger partial charge in [-0.25, -0.2) is 8.42 Å². The first kappa shape index (κ1) is 13.2. The number of aromatic nitrogens is 2. The average molecular weight is 245 g/mol. The predicted molar refractivity (Wildman–Crippen MR) is 62.7 cm³/mol. The molecule has 0 radical (unpaired) electrons. The van der Waals surface area contributed by atoms with Gasteiger partial charge in [0.1, 0.15) is 4.90 Å². The van der Waals surface area contributed by atoms with Gasteiger partial charge in [0.2, 0.25) is 10.0 Å². The maximum absolute atomic E-state index is 12.1. The summed E-state index contributed by atoms with van der Waals surface area (Å²) in [5.41, 5.74) is 0. The Balaban J connectivity index is 3.07. The Labute approximate surface area is 97.1 Å². The molecule has 0 unspecified atom stereocenters. The van der Waals surface area contributed by atoms with Crippen molar-refractivity contribution < 1.29 is 8.42 Å². The second-order valence-electron chi connectivity index (χ2n) is 3.84. The first-order valence-electron chi connectivity index (χ1n) is 5.47. The van der Waals surface area contributed by atoms with E-state index in [1.54, 1.807) is 10.9 Å². The van der Waals surface area contributed by atoms with E-state index in [2.05, 4.69) is 5.10 Å². The molecule has 0 fully saturated rings. The molecule has 5 nitrogen and oxygen atoms in total. The molecule has 0 amide bonds. The van der Waals surface area contributed by atoms with Crippen LogP contribution in [0.3, 0.4) is 0 Å². The zero-order chi connectivity index (χ0) is 12.3. The van der Waals surface area contributed by atoms with Crippen LogP contribution in [0, 0.1) is 0 Å². The molecule has 0 atom stereocenters. The third-order valence-corrected chi connectivity index (χ3v) is 4.45. The van der Waals surface area contributed by atoms with Crippen LogP contribution in [0.5, 0.6) is 0 Å². The average Bonchev–Trinajstić information content (AvgIpc) is 2.68. The Morgan fingerprint density at radius 2 is 1.94 bits per heavy atom. The number of hydrogen-bond donors (Lipinski definition) is 0. The van der Waals surface area contributed by atoms with E-state index in [4.69, 9.17) is 0 Å². The van der Waals surface area contributed by atoms with Gasteiger partial charge < -0.3 is 0 Å².